The number of benzene rings is 3. The molecule has 0 radical (unpaired) electrons. The molecule has 3 aromatic carbocycles. The van der Waals surface area contributed by atoms with Crippen molar-refractivity contribution in [3.8, 4) is 11.5 Å². The lowest BCUT2D eigenvalue weighted by Crippen LogP contribution is -2.29. The van der Waals surface area contributed by atoms with E-state index in [4.69, 9.17) is 9.47 Å². The number of hydrogen-bond acceptors (Lipinski definition) is 9. The summed E-state index contributed by atoms with van der Waals surface area (Å²) in [5, 5.41) is 23.0. The molecule has 192 valence electrons. The Morgan fingerprint density at radius 2 is 1.84 bits per heavy atom. The summed E-state index contributed by atoms with van der Waals surface area (Å²) in [5.74, 6) is -1.07. The van der Waals surface area contributed by atoms with Crippen LogP contribution in [0, 0.1) is 10.1 Å². The van der Waals surface area contributed by atoms with Gasteiger partial charge in [-0.05, 0) is 55.0 Å². The number of aromatic nitrogens is 1. The Hall–Kier alpha value is -4.77. The molecule has 0 aliphatic carbocycles. The summed E-state index contributed by atoms with van der Waals surface area (Å²) in [5.41, 5.74) is 0.732. The average molecular weight is 532 g/mol. The SMILES string of the molecule is CCOc1ccc(/C(O)=C2\C(=O)C(=O)N(c3nc4ccc(OC)cc4s3)[C@@H]2c2cccc([N+](=O)[O-])c2)cc1. The van der Waals surface area contributed by atoms with Crippen molar-refractivity contribution in [2.75, 3.05) is 18.6 Å². The highest BCUT2D eigenvalue weighted by Crippen LogP contribution is 2.45. The number of anilines is 1. The van der Waals surface area contributed by atoms with E-state index in [0.29, 0.717) is 28.3 Å². The van der Waals surface area contributed by atoms with Gasteiger partial charge in [-0.15, -0.1) is 0 Å². The van der Waals surface area contributed by atoms with Crippen LogP contribution < -0.4 is 14.4 Å². The number of ketones is 1. The summed E-state index contributed by atoms with van der Waals surface area (Å²) >= 11 is 1.16. The molecule has 10 nitrogen and oxygen atoms in total. The molecule has 1 aromatic heterocycles. The Morgan fingerprint density at radius 1 is 1.11 bits per heavy atom. The third-order valence-corrected chi connectivity index (χ3v) is 7.09. The predicted octanol–water partition coefficient (Wildman–Crippen LogP) is 5.24. The van der Waals surface area contributed by atoms with E-state index >= 15 is 0 Å². The maximum absolute atomic E-state index is 13.4. The first kappa shape index (κ1) is 24.9. The van der Waals surface area contributed by atoms with Gasteiger partial charge in [0, 0.05) is 17.7 Å². The number of nitrogens with zero attached hydrogens (tertiary/aromatic N) is 3. The first-order chi connectivity index (χ1) is 18.3. The highest BCUT2D eigenvalue weighted by Gasteiger charge is 2.48. The average Bonchev–Trinajstić information content (AvgIpc) is 3.46. The molecule has 1 saturated heterocycles. The molecule has 11 heteroatoms. The van der Waals surface area contributed by atoms with Crippen LogP contribution in [0.15, 0.2) is 72.3 Å². The summed E-state index contributed by atoms with van der Waals surface area (Å²) in [6, 6.07) is 16.1. The van der Waals surface area contributed by atoms with Crippen molar-refractivity contribution in [3.05, 3.63) is 93.5 Å². The first-order valence-electron chi connectivity index (χ1n) is 11.6. The van der Waals surface area contributed by atoms with Crippen LogP contribution in [-0.4, -0.2) is 40.4 Å². The molecule has 0 spiro atoms. The molecule has 1 aliphatic rings. The number of fused-ring (bicyclic) bond motifs is 1. The van der Waals surface area contributed by atoms with Crippen molar-refractivity contribution in [3.63, 3.8) is 0 Å². The maximum atomic E-state index is 13.4. The quantitative estimate of drug-likeness (QED) is 0.113. The number of non-ortho nitro benzene ring substituents is 1. The summed E-state index contributed by atoms with van der Waals surface area (Å²) in [4.78, 5) is 43.5. The lowest BCUT2D eigenvalue weighted by Gasteiger charge is -2.22. The molecule has 1 N–H and O–H groups in total. The molecule has 1 amide bonds. The van der Waals surface area contributed by atoms with Gasteiger partial charge in [0.05, 0.1) is 40.5 Å². The lowest BCUT2D eigenvalue weighted by molar-refractivity contribution is -0.384. The summed E-state index contributed by atoms with van der Waals surface area (Å²) in [6.07, 6.45) is 0. The lowest BCUT2D eigenvalue weighted by atomic mass is 9.95. The van der Waals surface area contributed by atoms with Crippen molar-refractivity contribution in [1.29, 1.82) is 0 Å². The van der Waals surface area contributed by atoms with E-state index < -0.39 is 28.4 Å². The minimum Gasteiger partial charge on any atom is -0.507 e. The summed E-state index contributed by atoms with van der Waals surface area (Å²) in [6.45, 7) is 2.30. The number of amides is 1. The molecule has 5 rings (SSSR count). The summed E-state index contributed by atoms with van der Waals surface area (Å²) < 4.78 is 11.4. The van der Waals surface area contributed by atoms with Crippen molar-refractivity contribution >= 4 is 49.8 Å². The third kappa shape index (κ3) is 4.33. The van der Waals surface area contributed by atoms with Crippen molar-refractivity contribution in [2.24, 2.45) is 0 Å². The zero-order chi connectivity index (χ0) is 27.0. The predicted molar refractivity (Wildman–Crippen MR) is 142 cm³/mol. The minimum atomic E-state index is -1.15. The van der Waals surface area contributed by atoms with Gasteiger partial charge < -0.3 is 14.6 Å². The fourth-order valence-corrected chi connectivity index (χ4v) is 5.33. The van der Waals surface area contributed by atoms with Gasteiger partial charge in [-0.25, -0.2) is 4.98 Å². The Labute approximate surface area is 220 Å². The van der Waals surface area contributed by atoms with Gasteiger partial charge in [0.15, 0.2) is 5.13 Å². The van der Waals surface area contributed by atoms with Crippen molar-refractivity contribution in [2.45, 2.75) is 13.0 Å². The van der Waals surface area contributed by atoms with Crippen molar-refractivity contribution < 1.29 is 29.1 Å². The number of aliphatic hydroxyl groups is 1. The van der Waals surface area contributed by atoms with E-state index in [0.717, 1.165) is 11.3 Å². The van der Waals surface area contributed by atoms with Crippen LogP contribution in [-0.2, 0) is 9.59 Å². The molecule has 0 bridgehead atoms. The Balaban J connectivity index is 1.70. The molecule has 1 fully saturated rings. The third-order valence-electron chi connectivity index (χ3n) is 6.07. The number of aliphatic hydroxyl groups excluding tert-OH is 1. The number of rotatable bonds is 7. The van der Waals surface area contributed by atoms with E-state index in [1.165, 1.54) is 30.2 Å². The molecule has 4 aromatic rings. The molecular weight excluding hydrogens is 510 g/mol. The van der Waals surface area contributed by atoms with Crippen LogP contribution in [0.5, 0.6) is 11.5 Å². The van der Waals surface area contributed by atoms with Gasteiger partial charge in [0.2, 0.25) is 0 Å². The molecule has 0 saturated carbocycles. The van der Waals surface area contributed by atoms with Crippen LogP contribution in [0.4, 0.5) is 10.8 Å². The smallest absolute Gasteiger partial charge is 0.301 e. The van der Waals surface area contributed by atoms with Crippen LogP contribution in [0.1, 0.15) is 24.1 Å². The molecule has 1 atom stereocenters. The molecular formula is C27H21N3O7S. The normalized spacial score (nSPS) is 16.7. The van der Waals surface area contributed by atoms with Gasteiger partial charge in [-0.1, -0.05) is 23.5 Å². The Bertz CT molecular complexity index is 1610. The largest absolute Gasteiger partial charge is 0.507 e. The Kier molecular flexibility index (Phi) is 6.52. The second kappa shape index (κ2) is 9.94. The van der Waals surface area contributed by atoms with E-state index in [1.54, 1.807) is 48.5 Å². The van der Waals surface area contributed by atoms with Gasteiger partial charge >= 0.3 is 5.91 Å². The number of hydrogen-bond donors (Lipinski definition) is 1. The molecule has 38 heavy (non-hydrogen) atoms. The number of ether oxygens (including phenoxy) is 2. The highest BCUT2D eigenvalue weighted by molar-refractivity contribution is 7.22. The number of carbonyl (C=O) groups excluding carboxylic acids is 2. The zero-order valence-corrected chi connectivity index (χ0v) is 21.1. The van der Waals surface area contributed by atoms with E-state index in [9.17, 15) is 24.8 Å². The van der Waals surface area contributed by atoms with Crippen LogP contribution in [0.3, 0.4) is 0 Å². The van der Waals surface area contributed by atoms with Crippen LogP contribution in [0.25, 0.3) is 16.0 Å². The summed E-state index contributed by atoms with van der Waals surface area (Å²) in [7, 11) is 1.53. The number of methoxy groups -OCH3 is 1. The molecule has 2 heterocycles. The standard InChI is InChI=1S/C27H21N3O7S/c1-3-37-18-9-7-15(8-10-18)24(31)22-23(16-5-4-6-17(13-16)30(34)35)29(26(33)25(22)32)27-28-20-12-11-19(36-2)14-21(20)38-27/h4-14,23,31H,3H2,1-2H3/b24-22+/t23-/m1/s1. The molecule has 0 unspecified atom stereocenters. The fraction of sp³-hybridized carbons (Fsp3) is 0.148. The Morgan fingerprint density at radius 3 is 2.53 bits per heavy atom. The van der Waals surface area contributed by atoms with E-state index in [2.05, 4.69) is 4.98 Å². The van der Waals surface area contributed by atoms with Gasteiger partial charge in [0.25, 0.3) is 11.5 Å². The minimum absolute atomic E-state index is 0.198. The number of nitro benzene ring substituents is 1. The monoisotopic (exact) mass is 531 g/mol. The second-order valence-corrected chi connectivity index (χ2v) is 9.32. The first-order valence-corrected chi connectivity index (χ1v) is 12.4. The van der Waals surface area contributed by atoms with Gasteiger partial charge in [-0.3, -0.25) is 24.6 Å². The number of thiazole rings is 1. The number of carbonyl (C=O) groups is 2. The van der Waals surface area contributed by atoms with E-state index in [1.807, 2.05) is 6.92 Å². The van der Waals surface area contributed by atoms with Crippen LogP contribution in [0.2, 0.25) is 0 Å². The van der Waals surface area contributed by atoms with Gasteiger partial charge in [-0.2, -0.15) is 0 Å². The van der Waals surface area contributed by atoms with Gasteiger partial charge in [0.1, 0.15) is 17.3 Å². The molecule has 1 aliphatic heterocycles. The number of nitro groups is 1. The highest BCUT2D eigenvalue weighted by atomic mass is 32.1. The van der Waals surface area contributed by atoms with Crippen LogP contribution >= 0.6 is 11.3 Å². The van der Waals surface area contributed by atoms with Crippen molar-refractivity contribution in [1.82, 2.24) is 4.98 Å². The zero-order valence-electron chi connectivity index (χ0n) is 20.3. The topological polar surface area (TPSA) is 132 Å². The van der Waals surface area contributed by atoms with E-state index in [-0.39, 0.29) is 27.5 Å². The fourth-order valence-electron chi connectivity index (χ4n) is 4.31. The number of Topliss-reactive ketones (excluding diaryl/α,β-unsaturated/α-hetero) is 1. The maximum Gasteiger partial charge on any atom is 0.301 e. The second-order valence-electron chi connectivity index (χ2n) is 8.31.